The molecule has 0 spiro atoms. The first-order valence-electron chi connectivity index (χ1n) is 8.24. The highest BCUT2D eigenvalue weighted by atomic mass is 32.1. The maximum absolute atomic E-state index is 12.4. The van der Waals surface area contributed by atoms with Crippen LogP contribution in [0.3, 0.4) is 0 Å². The number of rotatable bonds is 4. The number of anilines is 1. The van der Waals surface area contributed by atoms with Crippen LogP contribution in [0.15, 0.2) is 43.0 Å². The summed E-state index contributed by atoms with van der Waals surface area (Å²) < 4.78 is 7.28. The number of hydrogen-bond donors (Lipinski definition) is 4. The highest BCUT2D eigenvalue weighted by Crippen LogP contribution is 2.40. The molecule has 3 aromatic rings. The van der Waals surface area contributed by atoms with E-state index < -0.39 is 17.3 Å². The maximum Gasteiger partial charge on any atom is 0.256 e. The van der Waals surface area contributed by atoms with Crippen molar-refractivity contribution in [3.05, 3.63) is 48.5 Å². The Morgan fingerprint density at radius 3 is 2.81 bits per heavy atom. The normalized spacial score (nSPS) is 25.0. The number of nitrogens with one attached hydrogen (secondary N) is 1. The Balaban J connectivity index is 1.64. The first-order valence-corrected chi connectivity index (χ1v) is 8.69. The van der Waals surface area contributed by atoms with Gasteiger partial charge in [0.15, 0.2) is 17.0 Å². The van der Waals surface area contributed by atoms with Crippen LogP contribution in [0.4, 0.5) is 5.82 Å². The Morgan fingerprint density at radius 1 is 1.33 bits per heavy atom. The molecule has 4 rings (SSSR count). The van der Waals surface area contributed by atoms with Crippen LogP contribution in [-0.4, -0.2) is 53.3 Å². The topological polar surface area (TPSA) is 122 Å². The van der Waals surface area contributed by atoms with Gasteiger partial charge in [-0.2, -0.15) is 0 Å². The van der Waals surface area contributed by atoms with Gasteiger partial charge in [-0.1, -0.05) is 18.2 Å². The van der Waals surface area contributed by atoms with E-state index in [1.165, 1.54) is 12.7 Å². The monoisotopic (exact) mass is 387 g/mol. The second kappa shape index (κ2) is 6.89. The fraction of sp³-hybridized carbons (Fsp3) is 0.294. The molecule has 0 aliphatic carbocycles. The summed E-state index contributed by atoms with van der Waals surface area (Å²) in [5.41, 5.74) is 1.32. The SMILES string of the molecule is O=C(Nc1ncnc2c1ncn2[C@H]1C[C@@](O)(S)[C@@H](CO)O1)c1ccccc1. The first kappa shape index (κ1) is 17.9. The molecular weight excluding hydrogens is 370 g/mol. The van der Waals surface area contributed by atoms with Crippen LogP contribution in [0.25, 0.3) is 11.2 Å². The molecule has 3 N–H and O–H groups in total. The number of nitrogens with zero attached hydrogens (tertiary/aromatic N) is 4. The quantitative estimate of drug-likeness (QED) is 0.389. The van der Waals surface area contributed by atoms with Crippen molar-refractivity contribution in [3.8, 4) is 0 Å². The van der Waals surface area contributed by atoms with Crippen molar-refractivity contribution < 1.29 is 19.7 Å². The van der Waals surface area contributed by atoms with E-state index in [2.05, 4.69) is 32.9 Å². The van der Waals surface area contributed by atoms with Gasteiger partial charge in [0.25, 0.3) is 5.91 Å². The van der Waals surface area contributed by atoms with Crippen LogP contribution >= 0.6 is 12.6 Å². The number of thiol groups is 1. The van der Waals surface area contributed by atoms with Gasteiger partial charge in [0.2, 0.25) is 0 Å². The summed E-state index contributed by atoms with van der Waals surface area (Å²) in [5, 5.41) is 22.3. The van der Waals surface area contributed by atoms with Crippen LogP contribution in [0.5, 0.6) is 0 Å². The molecule has 3 atom stereocenters. The lowest BCUT2D eigenvalue weighted by Gasteiger charge is -2.19. The Labute approximate surface area is 159 Å². The van der Waals surface area contributed by atoms with E-state index in [1.807, 2.05) is 6.07 Å². The van der Waals surface area contributed by atoms with Crippen molar-refractivity contribution >= 4 is 35.5 Å². The van der Waals surface area contributed by atoms with Gasteiger partial charge in [0.1, 0.15) is 23.6 Å². The van der Waals surface area contributed by atoms with Gasteiger partial charge in [0.05, 0.1) is 12.9 Å². The minimum absolute atomic E-state index is 0.141. The van der Waals surface area contributed by atoms with Crippen molar-refractivity contribution in [2.45, 2.75) is 23.7 Å². The molecule has 140 valence electrons. The number of carbonyl (C=O) groups is 1. The molecule has 0 unspecified atom stereocenters. The molecule has 10 heteroatoms. The number of imidazole rings is 1. The number of hydrogen-bond acceptors (Lipinski definition) is 8. The van der Waals surface area contributed by atoms with E-state index >= 15 is 0 Å². The van der Waals surface area contributed by atoms with Crippen molar-refractivity contribution in [2.24, 2.45) is 0 Å². The molecule has 1 fully saturated rings. The number of fused-ring (bicyclic) bond motifs is 1. The predicted molar refractivity (Wildman–Crippen MR) is 99.3 cm³/mol. The number of aliphatic hydroxyl groups excluding tert-OH is 1. The summed E-state index contributed by atoms with van der Waals surface area (Å²) in [4.78, 5) is 23.5. The molecule has 0 radical (unpaired) electrons. The zero-order valence-corrected chi connectivity index (χ0v) is 15.0. The second-order valence-corrected chi connectivity index (χ2v) is 6.99. The number of benzene rings is 1. The molecule has 0 bridgehead atoms. The molecule has 1 aliphatic rings. The minimum atomic E-state index is -1.46. The Bertz CT molecular complexity index is 978. The van der Waals surface area contributed by atoms with Crippen LogP contribution in [0.1, 0.15) is 23.0 Å². The summed E-state index contributed by atoms with van der Waals surface area (Å²) in [6.07, 6.45) is 1.51. The standard InChI is InChI=1S/C17H17N5O4S/c23-7-11-17(25,27)6-12(26-11)22-9-20-13-14(18-8-19-15(13)22)21-16(24)10-4-2-1-3-5-10/h1-5,8-9,11-12,23,25,27H,6-7H2,(H,18,19,21,24)/t11-,12-,17-/m1/s1. The van der Waals surface area contributed by atoms with Gasteiger partial charge >= 0.3 is 0 Å². The minimum Gasteiger partial charge on any atom is -0.394 e. The van der Waals surface area contributed by atoms with Gasteiger partial charge in [-0.3, -0.25) is 9.36 Å². The number of aliphatic hydroxyl groups is 2. The van der Waals surface area contributed by atoms with Gasteiger partial charge in [0, 0.05) is 12.0 Å². The molecule has 9 nitrogen and oxygen atoms in total. The lowest BCUT2D eigenvalue weighted by molar-refractivity contribution is -0.0507. The number of ether oxygens (including phenoxy) is 1. The molecule has 1 saturated heterocycles. The maximum atomic E-state index is 12.4. The molecule has 27 heavy (non-hydrogen) atoms. The van der Waals surface area contributed by atoms with Gasteiger partial charge in [-0.15, -0.1) is 12.6 Å². The summed E-state index contributed by atoms with van der Waals surface area (Å²) in [7, 11) is 0. The molecule has 1 aromatic carbocycles. The number of amides is 1. The molecule has 1 aliphatic heterocycles. The van der Waals surface area contributed by atoms with Gasteiger partial charge < -0.3 is 20.3 Å². The lowest BCUT2D eigenvalue weighted by Crippen LogP contribution is -2.34. The van der Waals surface area contributed by atoms with E-state index in [1.54, 1.807) is 28.8 Å². The van der Waals surface area contributed by atoms with Crippen molar-refractivity contribution in [1.29, 1.82) is 0 Å². The van der Waals surface area contributed by atoms with Crippen molar-refractivity contribution in [3.63, 3.8) is 0 Å². The third kappa shape index (κ3) is 3.28. The molecule has 3 heterocycles. The van der Waals surface area contributed by atoms with Crippen LogP contribution < -0.4 is 5.32 Å². The summed E-state index contributed by atoms with van der Waals surface area (Å²) in [5.74, 6) is -0.0437. The summed E-state index contributed by atoms with van der Waals surface area (Å²) >= 11 is 4.16. The predicted octanol–water partition coefficient (Wildman–Crippen LogP) is 0.977. The van der Waals surface area contributed by atoms with E-state index in [-0.39, 0.29) is 24.8 Å². The van der Waals surface area contributed by atoms with Gasteiger partial charge in [-0.05, 0) is 12.1 Å². The molecule has 1 amide bonds. The molecule has 2 aromatic heterocycles. The Kier molecular flexibility index (Phi) is 4.56. The average molecular weight is 387 g/mol. The smallest absolute Gasteiger partial charge is 0.256 e. The first-order chi connectivity index (χ1) is 13.0. The number of aromatic nitrogens is 4. The lowest BCUT2D eigenvalue weighted by atomic mass is 10.2. The average Bonchev–Trinajstić information content (AvgIpc) is 3.23. The number of carbonyl (C=O) groups excluding carboxylic acids is 1. The van der Waals surface area contributed by atoms with Crippen LogP contribution in [-0.2, 0) is 4.74 Å². The Hall–Kier alpha value is -2.53. The molecular formula is C17H17N5O4S. The van der Waals surface area contributed by atoms with E-state index in [0.29, 0.717) is 16.7 Å². The van der Waals surface area contributed by atoms with E-state index in [4.69, 9.17) is 4.74 Å². The Morgan fingerprint density at radius 2 is 2.11 bits per heavy atom. The van der Waals surface area contributed by atoms with Crippen LogP contribution in [0.2, 0.25) is 0 Å². The summed E-state index contributed by atoms with van der Waals surface area (Å²) in [6, 6.07) is 8.76. The zero-order valence-electron chi connectivity index (χ0n) is 14.1. The molecule has 0 saturated carbocycles. The largest absolute Gasteiger partial charge is 0.394 e. The third-order valence-electron chi connectivity index (χ3n) is 4.41. The fourth-order valence-corrected chi connectivity index (χ4v) is 3.31. The van der Waals surface area contributed by atoms with Crippen LogP contribution in [0, 0.1) is 0 Å². The third-order valence-corrected chi connectivity index (χ3v) is 4.89. The van der Waals surface area contributed by atoms with Gasteiger partial charge in [-0.25, -0.2) is 15.0 Å². The highest BCUT2D eigenvalue weighted by Gasteiger charge is 2.45. The fourth-order valence-electron chi connectivity index (χ4n) is 3.01. The second-order valence-electron chi connectivity index (χ2n) is 6.21. The van der Waals surface area contributed by atoms with Crippen molar-refractivity contribution in [1.82, 2.24) is 19.5 Å². The van der Waals surface area contributed by atoms with Crippen molar-refractivity contribution in [2.75, 3.05) is 11.9 Å². The highest BCUT2D eigenvalue weighted by molar-refractivity contribution is 7.81. The summed E-state index contributed by atoms with van der Waals surface area (Å²) in [6.45, 7) is -0.365. The van der Waals surface area contributed by atoms with E-state index in [9.17, 15) is 15.0 Å². The zero-order chi connectivity index (χ0) is 19.0. The van der Waals surface area contributed by atoms with E-state index in [0.717, 1.165) is 0 Å².